The van der Waals surface area contributed by atoms with Gasteiger partial charge in [-0.25, -0.2) is 8.42 Å². The number of carbonyl (C=O) groups excluding carboxylic acids is 2. The highest BCUT2D eigenvalue weighted by atomic mass is 32.2. The van der Waals surface area contributed by atoms with Crippen LogP contribution in [0.2, 0.25) is 0 Å². The average molecular weight is 542 g/mol. The van der Waals surface area contributed by atoms with Crippen molar-refractivity contribution in [2.24, 2.45) is 0 Å². The molecule has 2 fully saturated rings. The number of likely N-dealkylation sites (N-methyl/N-ethyl adjacent to an activating group) is 1. The molecular weight excluding hydrogens is 506 g/mol. The fraction of sp³-hybridized carbons (Fsp3) is 0.429. The van der Waals surface area contributed by atoms with Crippen LogP contribution in [-0.4, -0.2) is 86.2 Å². The number of benzene rings is 2. The van der Waals surface area contributed by atoms with Crippen LogP contribution >= 0.6 is 0 Å². The molecule has 0 radical (unpaired) electrons. The van der Waals surface area contributed by atoms with Crippen LogP contribution < -0.4 is 4.74 Å². The molecule has 0 spiro atoms. The standard InChI is InChI=1S/C28H35N3O6S/c1-4-37-22-13-11-20(12-14-22)25-24(27(33)28(34)31(25)18-17-29(2)3)26(32)21-9-8-10-23(19-21)38(35,36)30-15-6-5-7-16-30/h8-14,19,25,32H,4-7,15-18H2,1-3H3/b26-24+. The Morgan fingerprint density at radius 2 is 1.74 bits per heavy atom. The van der Waals surface area contributed by atoms with Gasteiger partial charge in [0.2, 0.25) is 10.0 Å². The Morgan fingerprint density at radius 3 is 2.37 bits per heavy atom. The Labute approximate surface area is 224 Å². The molecule has 0 aliphatic carbocycles. The van der Waals surface area contributed by atoms with E-state index in [9.17, 15) is 23.1 Å². The van der Waals surface area contributed by atoms with Crippen molar-refractivity contribution in [3.8, 4) is 5.75 Å². The number of hydrogen-bond donors (Lipinski definition) is 1. The molecule has 2 aliphatic rings. The molecule has 2 aliphatic heterocycles. The molecule has 9 nitrogen and oxygen atoms in total. The first-order chi connectivity index (χ1) is 18.1. The Bertz CT molecular complexity index is 1310. The average Bonchev–Trinajstić information content (AvgIpc) is 3.17. The van der Waals surface area contributed by atoms with Crippen LogP contribution in [0.5, 0.6) is 5.75 Å². The number of sulfonamides is 1. The molecule has 1 amide bonds. The first-order valence-electron chi connectivity index (χ1n) is 12.9. The third kappa shape index (κ3) is 5.62. The van der Waals surface area contributed by atoms with Gasteiger partial charge in [0.1, 0.15) is 11.5 Å². The zero-order valence-electron chi connectivity index (χ0n) is 22.1. The Balaban J connectivity index is 1.78. The van der Waals surface area contributed by atoms with Crippen LogP contribution in [-0.2, 0) is 19.6 Å². The highest BCUT2D eigenvalue weighted by Gasteiger charge is 2.46. The Morgan fingerprint density at radius 1 is 1.05 bits per heavy atom. The molecule has 2 saturated heterocycles. The fourth-order valence-corrected chi connectivity index (χ4v) is 6.46. The summed E-state index contributed by atoms with van der Waals surface area (Å²) in [6, 6.07) is 12.2. The molecule has 4 rings (SSSR count). The summed E-state index contributed by atoms with van der Waals surface area (Å²) in [6.45, 7) is 4.07. The second kappa shape index (κ2) is 11.7. The van der Waals surface area contributed by atoms with Crippen molar-refractivity contribution in [2.75, 3.05) is 46.9 Å². The normalized spacial score (nSPS) is 20.3. The summed E-state index contributed by atoms with van der Waals surface area (Å²) >= 11 is 0. The minimum Gasteiger partial charge on any atom is -0.507 e. The molecule has 10 heteroatoms. The van der Waals surface area contributed by atoms with E-state index < -0.39 is 33.5 Å². The maximum atomic E-state index is 13.3. The smallest absolute Gasteiger partial charge is 0.295 e. The molecule has 1 N–H and O–H groups in total. The first kappa shape index (κ1) is 27.8. The van der Waals surface area contributed by atoms with E-state index in [0.29, 0.717) is 37.6 Å². The number of hydrogen-bond acceptors (Lipinski definition) is 7. The van der Waals surface area contributed by atoms with Gasteiger partial charge >= 0.3 is 0 Å². The fourth-order valence-electron chi connectivity index (χ4n) is 4.89. The van der Waals surface area contributed by atoms with E-state index >= 15 is 0 Å². The van der Waals surface area contributed by atoms with Gasteiger partial charge < -0.3 is 19.6 Å². The number of likely N-dealkylation sites (tertiary alicyclic amines) is 1. The topological polar surface area (TPSA) is 107 Å². The summed E-state index contributed by atoms with van der Waals surface area (Å²) in [5, 5.41) is 11.4. The van der Waals surface area contributed by atoms with Crippen molar-refractivity contribution in [1.82, 2.24) is 14.1 Å². The van der Waals surface area contributed by atoms with Crippen LogP contribution in [0.3, 0.4) is 0 Å². The van der Waals surface area contributed by atoms with E-state index in [-0.39, 0.29) is 22.6 Å². The predicted octanol–water partition coefficient (Wildman–Crippen LogP) is 3.24. The predicted molar refractivity (Wildman–Crippen MR) is 144 cm³/mol. The molecule has 1 unspecified atom stereocenters. The molecule has 38 heavy (non-hydrogen) atoms. The number of aliphatic hydroxyl groups excluding tert-OH is 1. The minimum absolute atomic E-state index is 0.0444. The second-order valence-electron chi connectivity index (χ2n) is 9.79. The van der Waals surface area contributed by atoms with Gasteiger partial charge in [0.15, 0.2) is 0 Å². The van der Waals surface area contributed by atoms with E-state index in [2.05, 4.69) is 0 Å². The van der Waals surface area contributed by atoms with Crippen LogP contribution in [0, 0.1) is 0 Å². The highest BCUT2D eigenvalue weighted by Crippen LogP contribution is 2.40. The van der Waals surface area contributed by atoms with Crippen molar-refractivity contribution < 1.29 is 27.9 Å². The van der Waals surface area contributed by atoms with Crippen LogP contribution in [0.4, 0.5) is 0 Å². The zero-order valence-corrected chi connectivity index (χ0v) is 22.9. The molecule has 2 aromatic carbocycles. The van der Waals surface area contributed by atoms with Crippen molar-refractivity contribution in [3.63, 3.8) is 0 Å². The van der Waals surface area contributed by atoms with Gasteiger partial charge in [-0.2, -0.15) is 4.31 Å². The summed E-state index contributed by atoms with van der Waals surface area (Å²) in [5.41, 5.74) is 0.750. The van der Waals surface area contributed by atoms with E-state index in [0.717, 1.165) is 19.3 Å². The molecule has 0 aromatic heterocycles. The number of rotatable bonds is 9. The van der Waals surface area contributed by atoms with E-state index in [4.69, 9.17) is 4.74 Å². The van der Waals surface area contributed by atoms with Crippen LogP contribution in [0.1, 0.15) is 43.4 Å². The van der Waals surface area contributed by atoms with Crippen molar-refractivity contribution in [1.29, 1.82) is 0 Å². The lowest BCUT2D eigenvalue weighted by atomic mass is 9.95. The highest BCUT2D eigenvalue weighted by molar-refractivity contribution is 7.89. The van der Waals surface area contributed by atoms with Crippen LogP contribution in [0.25, 0.3) is 5.76 Å². The van der Waals surface area contributed by atoms with Gasteiger partial charge in [-0.1, -0.05) is 30.7 Å². The first-order valence-corrected chi connectivity index (χ1v) is 14.4. The van der Waals surface area contributed by atoms with E-state index in [1.165, 1.54) is 21.3 Å². The van der Waals surface area contributed by atoms with E-state index in [1.54, 1.807) is 36.4 Å². The molecular formula is C28H35N3O6S. The number of nitrogens with zero attached hydrogens (tertiary/aromatic N) is 3. The summed E-state index contributed by atoms with van der Waals surface area (Å²) in [5.74, 6) is -1.25. The van der Waals surface area contributed by atoms with Crippen LogP contribution in [0.15, 0.2) is 59.0 Å². The summed E-state index contributed by atoms with van der Waals surface area (Å²) in [6.07, 6.45) is 2.60. The monoisotopic (exact) mass is 541 g/mol. The van der Waals surface area contributed by atoms with Gasteiger partial charge in [-0.15, -0.1) is 0 Å². The van der Waals surface area contributed by atoms with Crippen molar-refractivity contribution in [3.05, 3.63) is 65.2 Å². The Kier molecular flexibility index (Phi) is 8.54. The lowest BCUT2D eigenvalue weighted by molar-refractivity contribution is -0.140. The lowest BCUT2D eigenvalue weighted by Gasteiger charge is -2.27. The number of ether oxygens (including phenoxy) is 1. The quantitative estimate of drug-likeness (QED) is 0.295. The maximum absolute atomic E-state index is 13.3. The Hall–Kier alpha value is -3.21. The summed E-state index contributed by atoms with van der Waals surface area (Å²) in [4.78, 5) is 29.8. The molecule has 1 atom stereocenters. The third-order valence-corrected chi connectivity index (χ3v) is 8.79. The number of amides is 1. The number of aliphatic hydroxyl groups is 1. The van der Waals surface area contributed by atoms with Gasteiger partial charge in [0, 0.05) is 31.7 Å². The lowest BCUT2D eigenvalue weighted by Crippen LogP contribution is -2.35. The molecule has 204 valence electrons. The number of carbonyl (C=O) groups is 2. The molecule has 0 saturated carbocycles. The zero-order chi connectivity index (χ0) is 27.4. The van der Waals surface area contributed by atoms with Gasteiger partial charge in [0.25, 0.3) is 11.7 Å². The SMILES string of the molecule is CCOc1ccc(C2/C(=C(\O)c3cccc(S(=O)(=O)N4CCCCC4)c3)C(=O)C(=O)N2CCN(C)C)cc1. The second-order valence-corrected chi connectivity index (χ2v) is 11.7. The maximum Gasteiger partial charge on any atom is 0.295 e. The van der Waals surface area contributed by atoms with Gasteiger partial charge in [-0.3, -0.25) is 9.59 Å². The van der Waals surface area contributed by atoms with E-state index in [1.807, 2.05) is 25.9 Å². The van der Waals surface area contributed by atoms with Crippen molar-refractivity contribution in [2.45, 2.75) is 37.1 Å². The largest absolute Gasteiger partial charge is 0.507 e. The number of ketones is 1. The number of piperidine rings is 1. The summed E-state index contributed by atoms with van der Waals surface area (Å²) < 4.78 is 33.5. The van der Waals surface area contributed by atoms with Gasteiger partial charge in [0.05, 0.1) is 23.1 Å². The van der Waals surface area contributed by atoms with Crippen molar-refractivity contribution >= 4 is 27.5 Å². The number of Topliss-reactive ketones (excluding diaryl/α,β-unsaturated/α-hetero) is 1. The molecule has 2 heterocycles. The minimum atomic E-state index is -3.75. The molecule has 2 aromatic rings. The third-order valence-electron chi connectivity index (χ3n) is 6.90. The van der Waals surface area contributed by atoms with Gasteiger partial charge in [-0.05, 0) is 63.7 Å². The summed E-state index contributed by atoms with van der Waals surface area (Å²) in [7, 11) is -0.00924. The molecule has 0 bridgehead atoms.